The van der Waals surface area contributed by atoms with Crippen molar-refractivity contribution in [2.75, 3.05) is 19.6 Å². The van der Waals surface area contributed by atoms with Crippen molar-refractivity contribution in [2.24, 2.45) is 0 Å². The quantitative estimate of drug-likeness (QED) is 0.825. The summed E-state index contributed by atoms with van der Waals surface area (Å²) in [5.74, 6) is 2.26. The lowest BCUT2D eigenvalue weighted by Crippen LogP contribution is -2.52. The number of rotatable bonds is 2. The molecule has 0 unspecified atom stereocenters. The summed E-state index contributed by atoms with van der Waals surface area (Å²) in [6.45, 7) is 10.4. The first kappa shape index (κ1) is 17.3. The molecule has 1 aromatic carbocycles. The van der Waals surface area contributed by atoms with Gasteiger partial charge in [0.15, 0.2) is 0 Å². The molecule has 2 aromatic rings. The van der Waals surface area contributed by atoms with Crippen molar-refractivity contribution in [3.63, 3.8) is 0 Å². The van der Waals surface area contributed by atoms with Gasteiger partial charge < -0.3 is 9.32 Å². The maximum atomic E-state index is 12.1. The van der Waals surface area contributed by atoms with Crippen molar-refractivity contribution in [3.8, 4) is 0 Å². The Morgan fingerprint density at radius 1 is 1.19 bits per heavy atom. The highest BCUT2D eigenvalue weighted by Crippen LogP contribution is 2.42. The average molecular weight is 352 g/mol. The summed E-state index contributed by atoms with van der Waals surface area (Å²) in [7, 11) is 0. The molecule has 0 aliphatic carbocycles. The minimum absolute atomic E-state index is 0.103. The molecule has 1 fully saturated rings. The van der Waals surface area contributed by atoms with E-state index in [1.807, 2.05) is 11.8 Å². The number of hydrogen-bond acceptors (Lipinski definition) is 3. The second-order valence-electron chi connectivity index (χ2n) is 8.04. The molecule has 1 aromatic heterocycles. The van der Waals surface area contributed by atoms with E-state index in [4.69, 9.17) is 4.42 Å². The van der Waals surface area contributed by atoms with Crippen molar-refractivity contribution in [1.82, 2.24) is 9.80 Å². The Balaban J connectivity index is 1.52. The minimum atomic E-state index is 0.103. The molecule has 4 heteroatoms. The lowest BCUT2D eigenvalue weighted by molar-refractivity contribution is -0.131. The highest BCUT2D eigenvalue weighted by Gasteiger charge is 2.42. The van der Waals surface area contributed by atoms with Crippen molar-refractivity contribution in [1.29, 1.82) is 0 Å². The molecule has 1 saturated heterocycles. The standard InChI is InChI=1S/C22H28N2O2/c1-16-12-20(26-17(16)2)14-23-10-8-22(9-11-23)15-24(18(3)25)13-19-6-4-5-7-21(19)22/h4-7,12H,8-11,13-15H2,1-3H3. The van der Waals surface area contributed by atoms with E-state index in [1.54, 1.807) is 6.92 Å². The van der Waals surface area contributed by atoms with E-state index >= 15 is 0 Å². The third-order valence-electron chi connectivity index (χ3n) is 6.30. The van der Waals surface area contributed by atoms with Gasteiger partial charge in [-0.25, -0.2) is 0 Å². The van der Waals surface area contributed by atoms with Crippen LogP contribution < -0.4 is 0 Å². The van der Waals surface area contributed by atoms with Crippen molar-refractivity contribution < 1.29 is 9.21 Å². The van der Waals surface area contributed by atoms with E-state index < -0.39 is 0 Å². The van der Waals surface area contributed by atoms with Gasteiger partial charge in [0.2, 0.25) is 5.91 Å². The monoisotopic (exact) mass is 352 g/mol. The average Bonchev–Trinajstić information content (AvgIpc) is 2.94. The Hall–Kier alpha value is -2.07. The van der Waals surface area contributed by atoms with Crippen LogP contribution in [0.1, 0.15) is 48.0 Å². The number of benzene rings is 1. The molecular weight excluding hydrogens is 324 g/mol. The number of nitrogens with zero attached hydrogens (tertiary/aromatic N) is 2. The number of carbonyl (C=O) groups excluding carboxylic acids is 1. The third-order valence-corrected chi connectivity index (χ3v) is 6.30. The Labute approximate surface area is 155 Å². The summed E-state index contributed by atoms with van der Waals surface area (Å²) in [4.78, 5) is 16.6. The second-order valence-corrected chi connectivity index (χ2v) is 8.04. The molecule has 4 rings (SSSR count). The second kappa shape index (κ2) is 6.58. The Morgan fingerprint density at radius 2 is 1.92 bits per heavy atom. The van der Waals surface area contributed by atoms with Crippen LogP contribution in [0.3, 0.4) is 0 Å². The zero-order valence-electron chi connectivity index (χ0n) is 16.0. The molecular formula is C22H28N2O2. The molecule has 0 saturated carbocycles. The van der Waals surface area contributed by atoms with Gasteiger partial charge >= 0.3 is 0 Å². The van der Waals surface area contributed by atoms with Crippen LogP contribution in [0.25, 0.3) is 0 Å². The minimum Gasteiger partial charge on any atom is -0.465 e. The van der Waals surface area contributed by atoms with E-state index in [1.165, 1.54) is 16.7 Å². The van der Waals surface area contributed by atoms with Gasteiger partial charge in [0.25, 0.3) is 0 Å². The molecule has 2 aliphatic rings. The first-order valence-corrected chi connectivity index (χ1v) is 9.59. The summed E-state index contributed by atoms with van der Waals surface area (Å²) < 4.78 is 5.86. The van der Waals surface area contributed by atoms with E-state index in [0.717, 1.165) is 57.1 Å². The smallest absolute Gasteiger partial charge is 0.219 e. The van der Waals surface area contributed by atoms with E-state index in [9.17, 15) is 4.79 Å². The predicted octanol–water partition coefficient (Wildman–Crippen LogP) is 3.79. The maximum Gasteiger partial charge on any atom is 0.219 e. The summed E-state index contributed by atoms with van der Waals surface area (Å²) in [6, 6.07) is 10.9. The number of likely N-dealkylation sites (tertiary alicyclic amines) is 1. The van der Waals surface area contributed by atoms with Gasteiger partial charge in [0, 0.05) is 25.4 Å². The molecule has 0 bridgehead atoms. The normalized spacial score (nSPS) is 19.6. The van der Waals surface area contributed by atoms with E-state index in [-0.39, 0.29) is 11.3 Å². The Morgan fingerprint density at radius 3 is 2.58 bits per heavy atom. The lowest BCUT2D eigenvalue weighted by atomic mass is 9.69. The maximum absolute atomic E-state index is 12.1. The van der Waals surface area contributed by atoms with Crippen LogP contribution in [-0.2, 0) is 23.3 Å². The number of furan rings is 1. The van der Waals surface area contributed by atoms with E-state index in [2.05, 4.69) is 42.2 Å². The fraction of sp³-hybridized carbons (Fsp3) is 0.500. The van der Waals surface area contributed by atoms with Gasteiger partial charge in [0.1, 0.15) is 11.5 Å². The summed E-state index contributed by atoms with van der Waals surface area (Å²) in [6.07, 6.45) is 2.18. The molecule has 0 N–H and O–H groups in total. The summed E-state index contributed by atoms with van der Waals surface area (Å²) in [5.41, 5.74) is 4.11. The van der Waals surface area contributed by atoms with Gasteiger partial charge in [-0.3, -0.25) is 9.69 Å². The number of aryl methyl sites for hydroxylation is 2. The summed E-state index contributed by atoms with van der Waals surface area (Å²) in [5, 5.41) is 0. The van der Waals surface area contributed by atoms with Gasteiger partial charge in [-0.2, -0.15) is 0 Å². The molecule has 2 aliphatic heterocycles. The molecule has 26 heavy (non-hydrogen) atoms. The van der Waals surface area contributed by atoms with Crippen molar-refractivity contribution in [3.05, 3.63) is 58.5 Å². The molecule has 138 valence electrons. The molecule has 0 radical (unpaired) electrons. The first-order valence-electron chi connectivity index (χ1n) is 9.59. The fourth-order valence-electron chi connectivity index (χ4n) is 4.62. The van der Waals surface area contributed by atoms with Crippen LogP contribution in [0, 0.1) is 13.8 Å². The topological polar surface area (TPSA) is 36.7 Å². The SMILES string of the molecule is CC(=O)N1Cc2ccccc2C2(CCN(Cc3cc(C)c(C)o3)CC2)C1. The number of hydrogen-bond donors (Lipinski definition) is 0. The lowest BCUT2D eigenvalue weighted by Gasteiger charge is -2.48. The van der Waals surface area contributed by atoms with Crippen LogP contribution in [0.4, 0.5) is 0 Å². The van der Waals surface area contributed by atoms with Crippen LogP contribution in [0.5, 0.6) is 0 Å². The third kappa shape index (κ3) is 3.07. The molecule has 1 spiro atoms. The molecule has 3 heterocycles. The van der Waals surface area contributed by atoms with Gasteiger partial charge in [-0.1, -0.05) is 24.3 Å². The van der Waals surface area contributed by atoms with Crippen LogP contribution in [-0.4, -0.2) is 35.3 Å². The van der Waals surface area contributed by atoms with E-state index in [0.29, 0.717) is 0 Å². The van der Waals surface area contributed by atoms with Crippen LogP contribution >= 0.6 is 0 Å². The highest BCUT2D eigenvalue weighted by atomic mass is 16.3. The van der Waals surface area contributed by atoms with Gasteiger partial charge in [0.05, 0.1) is 6.54 Å². The van der Waals surface area contributed by atoms with Crippen molar-refractivity contribution >= 4 is 5.91 Å². The molecule has 1 amide bonds. The van der Waals surface area contributed by atoms with Gasteiger partial charge in [-0.05, 0) is 62.5 Å². The highest BCUT2D eigenvalue weighted by molar-refractivity contribution is 5.74. The van der Waals surface area contributed by atoms with Crippen LogP contribution in [0.2, 0.25) is 0 Å². The van der Waals surface area contributed by atoms with Crippen molar-refractivity contribution in [2.45, 2.75) is 52.1 Å². The molecule has 4 nitrogen and oxygen atoms in total. The largest absolute Gasteiger partial charge is 0.465 e. The summed E-state index contributed by atoms with van der Waals surface area (Å²) >= 11 is 0. The van der Waals surface area contributed by atoms with Crippen LogP contribution in [0.15, 0.2) is 34.7 Å². The number of amides is 1. The zero-order valence-corrected chi connectivity index (χ0v) is 16.0. The Bertz CT molecular complexity index is 796. The Kier molecular flexibility index (Phi) is 4.39. The number of fused-ring (bicyclic) bond motifs is 2. The first-order chi connectivity index (χ1) is 12.5. The number of carbonyl (C=O) groups is 1. The predicted molar refractivity (Wildman–Crippen MR) is 102 cm³/mol. The van der Waals surface area contributed by atoms with Gasteiger partial charge in [-0.15, -0.1) is 0 Å². The fourth-order valence-corrected chi connectivity index (χ4v) is 4.62. The zero-order chi connectivity index (χ0) is 18.3. The number of piperidine rings is 1. The molecule has 0 atom stereocenters.